The number of aliphatic hydroxyl groups excluding tert-OH is 2. The smallest absolute Gasteiger partial charge is 0.246 e. The minimum atomic E-state index is -1.67. The third-order valence-electron chi connectivity index (χ3n) is 13.9. The van der Waals surface area contributed by atoms with Crippen molar-refractivity contribution >= 4 is 58.9 Å². The number of hydrogen-bond acceptors (Lipinski definition) is 13. The number of nitrogens with zero attached hydrogens (tertiary/aromatic N) is 1. The monoisotopic (exact) mass is 1090 g/mol. The first-order valence-electron chi connectivity index (χ1n) is 28.0. The molecule has 0 aromatic heterocycles. The van der Waals surface area contributed by atoms with E-state index in [-0.39, 0.29) is 61.9 Å². The fourth-order valence-corrected chi connectivity index (χ4v) is 8.82. The van der Waals surface area contributed by atoms with Gasteiger partial charge in [0.05, 0.1) is 12.7 Å². The van der Waals surface area contributed by atoms with Crippen molar-refractivity contribution < 1.29 is 58.2 Å². The van der Waals surface area contributed by atoms with Crippen molar-refractivity contribution in [3.63, 3.8) is 0 Å². The molecule has 5 unspecified atom stereocenters. The van der Waals surface area contributed by atoms with Crippen LogP contribution in [0.4, 0.5) is 0 Å². The lowest BCUT2D eigenvalue weighted by Gasteiger charge is -2.34. The van der Waals surface area contributed by atoms with Crippen molar-refractivity contribution in [1.82, 2.24) is 52.8 Å². The van der Waals surface area contributed by atoms with Gasteiger partial charge in [-0.15, -0.1) is 0 Å². The second-order valence-electron chi connectivity index (χ2n) is 23.6. The molecule has 1 saturated heterocycles. The number of hydrogen-bond donors (Lipinski definition) is 11. The highest BCUT2D eigenvalue weighted by Crippen LogP contribution is 2.24. The molecule has 22 heteroatoms. The number of amides is 9. The number of likely N-dealkylation sites (tertiary alicyclic amines) is 1. The first-order chi connectivity index (χ1) is 35.6. The number of aliphatic hydroxyl groups is 2. The number of carbonyl (C=O) groups is 10. The third-order valence-corrected chi connectivity index (χ3v) is 13.9. The van der Waals surface area contributed by atoms with Gasteiger partial charge in [0.2, 0.25) is 53.2 Å². The molecule has 0 aliphatic carbocycles. The summed E-state index contributed by atoms with van der Waals surface area (Å²) in [5, 5.41) is 44.3. The summed E-state index contributed by atoms with van der Waals surface area (Å²) in [6.07, 6.45) is 5.15. The van der Waals surface area contributed by atoms with Crippen LogP contribution in [0.15, 0.2) is 0 Å². The molecule has 0 saturated carbocycles. The van der Waals surface area contributed by atoms with Gasteiger partial charge in [-0.05, 0) is 105 Å². The van der Waals surface area contributed by atoms with Gasteiger partial charge >= 0.3 is 0 Å². The molecule has 1 rings (SSSR count). The Morgan fingerprint density at radius 3 is 1.75 bits per heavy atom. The molecule has 1 heterocycles. The molecular weight excluding hydrogens is 993 g/mol. The maximum Gasteiger partial charge on any atom is 0.246 e. The maximum atomic E-state index is 14.1. The summed E-state index contributed by atoms with van der Waals surface area (Å²) in [7, 11) is 0. The SMILES string of the molecule is CCCCCCC(C)C(=O)N1CCC[C@H]1C(=O)NC(CC(C)CC(O)CC(=O)CC)C(=O)N[C@@H](C)C(=O)NC(C)(C)C(=O)N[C@H](C(=O)N[C@H](C(=O)NC(C)(C)C(=O)NC(C)(C)C(=O)NC(C)CNCCO)C(C)C)C(C)C. The Morgan fingerprint density at radius 1 is 0.623 bits per heavy atom. The summed E-state index contributed by atoms with van der Waals surface area (Å²) in [4.78, 5) is 137. The lowest BCUT2D eigenvalue weighted by molar-refractivity contribution is -0.142. The number of rotatable bonds is 35. The van der Waals surface area contributed by atoms with Crippen molar-refractivity contribution in [3.8, 4) is 0 Å². The lowest BCUT2D eigenvalue weighted by Crippen LogP contribution is -2.66. The fraction of sp³-hybridized carbons (Fsp3) is 0.818. The summed E-state index contributed by atoms with van der Waals surface area (Å²) in [6, 6.07) is -6.00. The Labute approximate surface area is 458 Å². The van der Waals surface area contributed by atoms with Gasteiger partial charge in [-0.25, -0.2) is 0 Å². The molecular formula is C55H100N10O12. The van der Waals surface area contributed by atoms with Crippen molar-refractivity contribution in [2.45, 2.75) is 240 Å². The van der Waals surface area contributed by atoms with Crippen molar-refractivity contribution in [1.29, 1.82) is 0 Å². The first-order valence-corrected chi connectivity index (χ1v) is 28.0. The lowest BCUT2D eigenvalue weighted by atomic mass is 9.92. The third kappa shape index (κ3) is 23.7. The average molecular weight is 1090 g/mol. The molecule has 1 fully saturated rings. The second kappa shape index (κ2) is 32.6. The van der Waals surface area contributed by atoms with E-state index >= 15 is 0 Å². The Morgan fingerprint density at radius 2 is 1.18 bits per heavy atom. The van der Waals surface area contributed by atoms with E-state index in [1.165, 1.54) is 48.5 Å². The van der Waals surface area contributed by atoms with E-state index in [0.717, 1.165) is 25.7 Å². The van der Waals surface area contributed by atoms with Gasteiger partial charge in [0.25, 0.3) is 0 Å². The van der Waals surface area contributed by atoms with Crippen LogP contribution in [0.2, 0.25) is 0 Å². The van der Waals surface area contributed by atoms with Crippen LogP contribution in [-0.4, -0.2) is 159 Å². The van der Waals surface area contributed by atoms with Crippen molar-refractivity contribution in [2.24, 2.45) is 23.7 Å². The topological polar surface area (TPSA) is 323 Å². The number of Topliss-reactive ketones (excluding diaryl/α,β-unsaturated/α-hetero) is 1. The number of nitrogens with one attached hydrogen (secondary N) is 9. The quantitative estimate of drug-likeness (QED) is 0.0404. The molecule has 11 N–H and O–H groups in total. The van der Waals surface area contributed by atoms with E-state index < -0.39 is 112 Å². The van der Waals surface area contributed by atoms with E-state index in [4.69, 9.17) is 5.11 Å². The van der Waals surface area contributed by atoms with Crippen LogP contribution in [0.25, 0.3) is 0 Å². The van der Waals surface area contributed by atoms with Gasteiger partial charge in [0.1, 0.15) is 52.6 Å². The summed E-state index contributed by atoms with van der Waals surface area (Å²) < 4.78 is 0. The molecule has 9 amide bonds. The fourth-order valence-electron chi connectivity index (χ4n) is 8.82. The standard InChI is InChI=1S/C55H100N10O12/c1-17-19-20-21-23-35(8)49(74)65-26-22-24-41(65)46(71)59-40(29-34(7)28-39(68)30-38(67)18-2)45(70)58-37(10)44(69)62-53(11,12)51(76)61-42(32(3)4)47(72)60-43(33(5)6)48(73)63-55(15,16)52(77)64-54(13,14)50(75)57-36(9)31-56-25-27-66/h32-37,39-43,56,66,68H,17-31H2,1-16H3,(H,57,75)(H,58,70)(H,59,71)(H,60,72)(H,61,76)(H,62,69)(H,63,73)(H,64,77)/t34?,35?,36?,37-,39?,40?,41-,42-,43-/m0/s1. The van der Waals surface area contributed by atoms with Gasteiger partial charge in [0, 0.05) is 44.4 Å². The molecule has 1 aliphatic heterocycles. The normalized spacial score (nSPS) is 17.1. The predicted octanol–water partition coefficient (Wildman–Crippen LogP) is 1.77. The Kier molecular flexibility index (Phi) is 29.6. The van der Waals surface area contributed by atoms with Crippen LogP contribution in [0.1, 0.15) is 181 Å². The Bertz CT molecular complexity index is 1990. The van der Waals surface area contributed by atoms with Gasteiger partial charge in [0.15, 0.2) is 0 Å². The Balaban J connectivity index is 3.19. The number of unbranched alkanes of at least 4 members (excludes halogenated alkanes) is 3. The van der Waals surface area contributed by atoms with E-state index in [0.29, 0.717) is 38.9 Å². The van der Waals surface area contributed by atoms with Crippen LogP contribution in [-0.2, 0) is 47.9 Å². The summed E-state index contributed by atoms with van der Waals surface area (Å²) in [5.41, 5.74) is -4.63. The minimum Gasteiger partial charge on any atom is -0.395 e. The molecule has 77 heavy (non-hydrogen) atoms. The van der Waals surface area contributed by atoms with Crippen LogP contribution >= 0.6 is 0 Å². The summed E-state index contributed by atoms with van der Waals surface area (Å²) >= 11 is 0. The van der Waals surface area contributed by atoms with Gasteiger partial charge in [-0.2, -0.15) is 0 Å². The van der Waals surface area contributed by atoms with Gasteiger partial charge < -0.3 is 63.0 Å². The highest BCUT2D eigenvalue weighted by molar-refractivity contribution is 6.00. The number of ketones is 1. The largest absolute Gasteiger partial charge is 0.395 e. The zero-order valence-electron chi connectivity index (χ0n) is 49.4. The molecule has 0 spiro atoms. The highest BCUT2D eigenvalue weighted by atomic mass is 16.3. The van der Waals surface area contributed by atoms with Crippen LogP contribution in [0, 0.1) is 23.7 Å². The minimum absolute atomic E-state index is 0.0290. The molecule has 0 aromatic carbocycles. The molecule has 442 valence electrons. The van der Waals surface area contributed by atoms with E-state index in [2.05, 4.69) is 54.8 Å². The molecule has 9 atom stereocenters. The second-order valence-corrected chi connectivity index (χ2v) is 23.6. The zero-order chi connectivity index (χ0) is 59.2. The van der Waals surface area contributed by atoms with Crippen LogP contribution in [0.3, 0.4) is 0 Å². The summed E-state index contributed by atoms with van der Waals surface area (Å²) in [6.45, 7) is 27.1. The number of carbonyl (C=O) groups excluding carboxylic acids is 10. The van der Waals surface area contributed by atoms with E-state index in [1.54, 1.807) is 53.4 Å². The van der Waals surface area contributed by atoms with Crippen molar-refractivity contribution in [3.05, 3.63) is 0 Å². The van der Waals surface area contributed by atoms with Crippen LogP contribution < -0.4 is 47.9 Å². The van der Waals surface area contributed by atoms with Gasteiger partial charge in [-0.1, -0.05) is 81.1 Å². The van der Waals surface area contributed by atoms with E-state index in [1.807, 2.05) is 6.92 Å². The molecule has 0 bridgehead atoms. The Hall–Kier alpha value is -5.22. The molecule has 0 aromatic rings. The zero-order valence-corrected chi connectivity index (χ0v) is 49.4. The molecule has 22 nitrogen and oxygen atoms in total. The predicted molar refractivity (Wildman–Crippen MR) is 294 cm³/mol. The highest BCUT2D eigenvalue weighted by Gasteiger charge is 2.42. The maximum absolute atomic E-state index is 14.1. The summed E-state index contributed by atoms with van der Waals surface area (Å²) in [5.74, 6) is -7.31. The average Bonchev–Trinajstić information content (AvgIpc) is 3.82. The van der Waals surface area contributed by atoms with Crippen molar-refractivity contribution in [2.75, 3.05) is 26.2 Å². The molecule has 0 radical (unpaired) electrons. The van der Waals surface area contributed by atoms with Crippen LogP contribution in [0.5, 0.6) is 0 Å². The first kappa shape index (κ1) is 69.8. The van der Waals surface area contributed by atoms with E-state index in [9.17, 15) is 53.1 Å². The molecule has 1 aliphatic rings. The van der Waals surface area contributed by atoms with Gasteiger partial charge in [-0.3, -0.25) is 47.9 Å².